The lowest BCUT2D eigenvalue weighted by Crippen LogP contribution is -2.42. The van der Waals surface area contributed by atoms with Crippen LogP contribution in [0.5, 0.6) is 0 Å². The van der Waals surface area contributed by atoms with Gasteiger partial charge in [0.05, 0.1) is 0 Å². The average Bonchev–Trinajstić information content (AvgIpc) is 3.00. The van der Waals surface area contributed by atoms with E-state index in [0.717, 1.165) is 37.2 Å². The Kier molecular flexibility index (Phi) is 7.46. The Labute approximate surface area is 186 Å². The van der Waals surface area contributed by atoms with Gasteiger partial charge in [-0.25, -0.2) is 0 Å². The van der Waals surface area contributed by atoms with Crippen molar-refractivity contribution >= 4 is 29.9 Å². The first-order valence-corrected chi connectivity index (χ1v) is 11.3. The minimum atomic E-state index is 0. The molecule has 166 valence electrons. The van der Waals surface area contributed by atoms with E-state index in [1.54, 1.807) is 0 Å². The molecular formula is C24H36ClN3O2. The van der Waals surface area contributed by atoms with Gasteiger partial charge in [0, 0.05) is 42.8 Å². The van der Waals surface area contributed by atoms with Crippen molar-refractivity contribution in [3.05, 3.63) is 29.3 Å². The number of hydrogen-bond acceptors (Lipinski definition) is 3. The van der Waals surface area contributed by atoms with Gasteiger partial charge in [-0.2, -0.15) is 0 Å². The fourth-order valence-electron chi connectivity index (χ4n) is 5.71. The molecule has 4 rings (SSSR count). The number of piperidine rings is 2. The third-order valence-electron chi connectivity index (χ3n) is 6.96. The van der Waals surface area contributed by atoms with Gasteiger partial charge in [-0.15, -0.1) is 12.4 Å². The van der Waals surface area contributed by atoms with Crippen molar-refractivity contribution in [3.8, 4) is 0 Å². The number of carbonyl (C=O) groups excluding carboxylic acids is 2. The van der Waals surface area contributed by atoms with Gasteiger partial charge in [0.25, 0.3) is 5.91 Å². The quantitative estimate of drug-likeness (QED) is 0.740. The summed E-state index contributed by atoms with van der Waals surface area (Å²) in [6.45, 7) is 8.04. The summed E-state index contributed by atoms with van der Waals surface area (Å²) in [5.41, 5.74) is 2.45. The van der Waals surface area contributed by atoms with Gasteiger partial charge < -0.3 is 15.5 Å². The summed E-state index contributed by atoms with van der Waals surface area (Å²) in [5, 5.41) is 6.73. The third kappa shape index (κ3) is 5.36. The van der Waals surface area contributed by atoms with Crippen LogP contribution in [0.2, 0.25) is 0 Å². The second kappa shape index (κ2) is 9.69. The summed E-state index contributed by atoms with van der Waals surface area (Å²) < 4.78 is 0. The molecule has 2 bridgehead atoms. The predicted molar refractivity (Wildman–Crippen MR) is 123 cm³/mol. The van der Waals surface area contributed by atoms with Gasteiger partial charge in [-0.3, -0.25) is 9.59 Å². The number of nitrogens with one attached hydrogen (secondary N) is 2. The van der Waals surface area contributed by atoms with Crippen LogP contribution >= 0.6 is 12.4 Å². The predicted octanol–water partition coefficient (Wildman–Crippen LogP) is 4.39. The molecule has 0 radical (unpaired) electrons. The highest BCUT2D eigenvalue weighted by Crippen LogP contribution is 2.33. The van der Waals surface area contributed by atoms with Gasteiger partial charge >= 0.3 is 0 Å². The Bertz CT molecular complexity index is 762. The van der Waals surface area contributed by atoms with Gasteiger partial charge in [0.15, 0.2) is 0 Å². The molecule has 3 saturated heterocycles. The van der Waals surface area contributed by atoms with E-state index >= 15 is 0 Å². The minimum Gasteiger partial charge on any atom is -0.338 e. The molecule has 1 aromatic carbocycles. The number of benzene rings is 1. The SMILES string of the molecule is Cc1ccc(C(=O)N2CC(C)CC(C)C2)cc1NC(=O)CC1CC2CCC(C1)N2.Cl. The van der Waals surface area contributed by atoms with Crippen LogP contribution in [-0.2, 0) is 4.79 Å². The molecule has 3 heterocycles. The van der Waals surface area contributed by atoms with Crippen molar-refractivity contribution in [3.63, 3.8) is 0 Å². The summed E-state index contributed by atoms with van der Waals surface area (Å²) in [7, 11) is 0. The van der Waals surface area contributed by atoms with E-state index < -0.39 is 0 Å². The zero-order valence-electron chi connectivity index (χ0n) is 18.4. The minimum absolute atomic E-state index is 0. The molecule has 5 nitrogen and oxygen atoms in total. The number of aryl methyl sites for hydroxylation is 1. The van der Waals surface area contributed by atoms with Crippen molar-refractivity contribution < 1.29 is 9.59 Å². The van der Waals surface area contributed by atoms with Crippen LogP contribution in [0.15, 0.2) is 18.2 Å². The number of nitrogens with zero attached hydrogens (tertiary/aromatic N) is 1. The summed E-state index contributed by atoms with van der Waals surface area (Å²) >= 11 is 0. The number of halogens is 1. The number of amides is 2. The van der Waals surface area contributed by atoms with Gasteiger partial charge in [0.2, 0.25) is 5.91 Å². The van der Waals surface area contributed by atoms with E-state index in [1.165, 1.54) is 19.3 Å². The normalized spacial score (nSPS) is 30.5. The third-order valence-corrected chi connectivity index (χ3v) is 6.96. The number of carbonyl (C=O) groups is 2. The van der Waals surface area contributed by atoms with Crippen LogP contribution in [-0.4, -0.2) is 41.9 Å². The van der Waals surface area contributed by atoms with E-state index in [1.807, 2.05) is 30.0 Å². The zero-order valence-corrected chi connectivity index (χ0v) is 19.3. The number of likely N-dealkylation sites (tertiary alicyclic amines) is 1. The maximum Gasteiger partial charge on any atom is 0.253 e. The molecule has 0 aromatic heterocycles. The second-order valence-corrected chi connectivity index (χ2v) is 9.91. The fraction of sp³-hybridized carbons (Fsp3) is 0.667. The molecule has 1 aromatic rings. The fourth-order valence-corrected chi connectivity index (χ4v) is 5.71. The van der Waals surface area contributed by atoms with E-state index in [9.17, 15) is 9.59 Å². The smallest absolute Gasteiger partial charge is 0.253 e. The lowest BCUT2D eigenvalue weighted by molar-refractivity contribution is -0.117. The van der Waals surface area contributed by atoms with Crippen LogP contribution in [0.1, 0.15) is 68.3 Å². The molecule has 3 aliphatic heterocycles. The molecule has 4 unspecified atom stereocenters. The Morgan fingerprint density at radius 2 is 1.70 bits per heavy atom. The zero-order chi connectivity index (χ0) is 20.5. The first kappa shape index (κ1) is 23.1. The maximum absolute atomic E-state index is 13.0. The van der Waals surface area contributed by atoms with E-state index in [4.69, 9.17) is 0 Å². The second-order valence-electron chi connectivity index (χ2n) is 9.91. The lowest BCUT2D eigenvalue weighted by atomic mass is 9.89. The summed E-state index contributed by atoms with van der Waals surface area (Å²) in [6.07, 6.45) is 6.46. The lowest BCUT2D eigenvalue weighted by Gasteiger charge is -2.35. The van der Waals surface area contributed by atoms with Crippen molar-refractivity contribution in [1.29, 1.82) is 0 Å². The van der Waals surface area contributed by atoms with Gasteiger partial charge in [-0.1, -0.05) is 19.9 Å². The monoisotopic (exact) mass is 433 g/mol. The molecule has 6 heteroatoms. The number of fused-ring (bicyclic) bond motifs is 2. The first-order valence-electron chi connectivity index (χ1n) is 11.3. The molecular weight excluding hydrogens is 398 g/mol. The van der Waals surface area contributed by atoms with E-state index in [2.05, 4.69) is 24.5 Å². The van der Waals surface area contributed by atoms with E-state index in [0.29, 0.717) is 41.8 Å². The molecule has 4 atom stereocenters. The number of anilines is 1. The topological polar surface area (TPSA) is 61.4 Å². The molecule has 0 spiro atoms. The molecule has 2 amide bonds. The molecule has 0 saturated carbocycles. The standard InChI is InChI=1S/C24H35N3O2.ClH/c1-15-8-16(2)14-27(13-15)24(29)19-5-4-17(3)22(12-19)26-23(28)11-18-9-20-6-7-21(10-18)25-20;/h4-5,12,15-16,18,20-21,25H,6-11,13-14H2,1-3H3,(H,26,28);1H. The Hall–Kier alpha value is -1.59. The Morgan fingerprint density at radius 3 is 2.33 bits per heavy atom. The largest absolute Gasteiger partial charge is 0.338 e. The Morgan fingerprint density at radius 1 is 1.07 bits per heavy atom. The van der Waals surface area contributed by atoms with Crippen molar-refractivity contribution in [2.24, 2.45) is 17.8 Å². The van der Waals surface area contributed by atoms with Crippen LogP contribution in [0.4, 0.5) is 5.69 Å². The Balaban J connectivity index is 0.00000256. The average molecular weight is 434 g/mol. The van der Waals surface area contributed by atoms with Gasteiger partial charge in [0.1, 0.15) is 0 Å². The molecule has 30 heavy (non-hydrogen) atoms. The van der Waals surface area contributed by atoms with Crippen LogP contribution in [0.3, 0.4) is 0 Å². The van der Waals surface area contributed by atoms with Crippen molar-refractivity contribution in [2.45, 2.75) is 71.4 Å². The molecule has 0 aliphatic carbocycles. The molecule has 3 aliphatic rings. The highest BCUT2D eigenvalue weighted by atomic mass is 35.5. The summed E-state index contributed by atoms with van der Waals surface area (Å²) in [5.74, 6) is 1.69. The number of hydrogen-bond donors (Lipinski definition) is 2. The van der Waals surface area contributed by atoms with Crippen LogP contribution in [0, 0.1) is 24.7 Å². The van der Waals surface area contributed by atoms with Crippen molar-refractivity contribution in [2.75, 3.05) is 18.4 Å². The first-order chi connectivity index (χ1) is 13.9. The van der Waals surface area contributed by atoms with Gasteiger partial charge in [-0.05, 0) is 74.5 Å². The summed E-state index contributed by atoms with van der Waals surface area (Å²) in [6, 6.07) is 6.91. The van der Waals surface area contributed by atoms with Crippen LogP contribution < -0.4 is 10.6 Å². The maximum atomic E-state index is 13.0. The summed E-state index contributed by atoms with van der Waals surface area (Å²) in [4.78, 5) is 27.7. The highest BCUT2D eigenvalue weighted by Gasteiger charge is 2.34. The number of rotatable bonds is 4. The molecule has 3 fully saturated rings. The highest BCUT2D eigenvalue weighted by molar-refractivity contribution is 5.98. The van der Waals surface area contributed by atoms with Crippen molar-refractivity contribution in [1.82, 2.24) is 10.2 Å². The van der Waals surface area contributed by atoms with E-state index in [-0.39, 0.29) is 24.2 Å². The van der Waals surface area contributed by atoms with Crippen LogP contribution in [0.25, 0.3) is 0 Å². The molecule has 2 N–H and O–H groups in total.